The van der Waals surface area contributed by atoms with Gasteiger partial charge in [-0.25, -0.2) is 8.78 Å². The number of hydrogen-bond acceptors (Lipinski definition) is 3. The molecule has 1 amide bonds. The Kier molecular flexibility index (Phi) is 5.46. The molecular formula is C19H18F2N4OS. The van der Waals surface area contributed by atoms with Crippen LogP contribution in [0.25, 0.3) is 11.4 Å². The number of aromatic amines is 1. The monoisotopic (exact) mass is 388 g/mol. The van der Waals surface area contributed by atoms with Crippen molar-refractivity contribution in [2.45, 2.75) is 26.4 Å². The maximum atomic E-state index is 13.9. The fraction of sp³-hybridized carbons (Fsp3) is 0.211. The molecule has 0 spiro atoms. The Morgan fingerprint density at radius 1 is 1.30 bits per heavy atom. The van der Waals surface area contributed by atoms with E-state index in [4.69, 9.17) is 12.2 Å². The maximum Gasteiger partial charge on any atom is 0.240 e. The van der Waals surface area contributed by atoms with Gasteiger partial charge in [0.05, 0.1) is 6.04 Å². The van der Waals surface area contributed by atoms with Crippen LogP contribution in [0.15, 0.2) is 42.5 Å². The molecule has 1 atom stereocenters. The van der Waals surface area contributed by atoms with Crippen molar-refractivity contribution in [3.8, 4) is 11.4 Å². The Morgan fingerprint density at radius 3 is 2.78 bits per heavy atom. The molecular weight excluding hydrogens is 370 g/mol. The third-order valence-corrected chi connectivity index (χ3v) is 4.45. The molecule has 3 aromatic rings. The molecule has 140 valence electrons. The van der Waals surface area contributed by atoms with Gasteiger partial charge in [-0.2, -0.15) is 5.10 Å². The van der Waals surface area contributed by atoms with E-state index in [0.29, 0.717) is 10.6 Å². The number of rotatable bonds is 5. The van der Waals surface area contributed by atoms with Gasteiger partial charge in [-0.1, -0.05) is 29.8 Å². The summed E-state index contributed by atoms with van der Waals surface area (Å²) in [6.07, 6.45) is 0. The number of benzene rings is 2. The van der Waals surface area contributed by atoms with Crippen LogP contribution in [0.5, 0.6) is 0 Å². The molecule has 5 nitrogen and oxygen atoms in total. The van der Waals surface area contributed by atoms with E-state index in [9.17, 15) is 13.6 Å². The number of nitrogens with one attached hydrogen (secondary N) is 2. The van der Waals surface area contributed by atoms with E-state index in [1.807, 2.05) is 31.2 Å². The molecule has 0 saturated carbocycles. The van der Waals surface area contributed by atoms with Gasteiger partial charge in [0, 0.05) is 17.2 Å². The molecule has 0 aliphatic rings. The standard InChI is InChI=1S/C19H18F2N4OS/c1-11-4-3-5-13(8-11)18-23-24-19(27)25(18)10-17(26)22-12(2)15-7-6-14(20)9-16(15)21/h3-9,12H,10H2,1-2H3,(H,22,26)(H,24,27)/t12-/m1/s1. The van der Waals surface area contributed by atoms with Gasteiger partial charge in [-0.05, 0) is 38.2 Å². The van der Waals surface area contributed by atoms with Gasteiger partial charge in [0.25, 0.3) is 0 Å². The van der Waals surface area contributed by atoms with Crippen molar-refractivity contribution in [3.63, 3.8) is 0 Å². The zero-order valence-electron chi connectivity index (χ0n) is 14.8. The zero-order valence-corrected chi connectivity index (χ0v) is 15.6. The molecule has 2 aromatic carbocycles. The van der Waals surface area contributed by atoms with E-state index in [1.54, 1.807) is 11.5 Å². The van der Waals surface area contributed by atoms with Crippen LogP contribution in [0, 0.1) is 23.3 Å². The summed E-state index contributed by atoms with van der Waals surface area (Å²) in [7, 11) is 0. The highest BCUT2D eigenvalue weighted by Crippen LogP contribution is 2.20. The quantitative estimate of drug-likeness (QED) is 0.648. The molecule has 8 heteroatoms. The fourth-order valence-corrected chi connectivity index (χ4v) is 3.03. The fourth-order valence-electron chi connectivity index (χ4n) is 2.83. The minimum absolute atomic E-state index is 0.0776. The Morgan fingerprint density at radius 2 is 2.07 bits per heavy atom. The van der Waals surface area contributed by atoms with Crippen molar-refractivity contribution in [3.05, 3.63) is 70.0 Å². The van der Waals surface area contributed by atoms with Crippen LogP contribution in [0.2, 0.25) is 0 Å². The van der Waals surface area contributed by atoms with Crippen LogP contribution in [0.3, 0.4) is 0 Å². The SMILES string of the molecule is Cc1cccc(-c2n[nH]c(=S)n2CC(=O)N[C@H](C)c2ccc(F)cc2F)c1. The van der Waals surface area contributed by atoms with E-state index in [0.717, 1.165) is 23.3 Å². The highest BCUT2D eigenvalue weighted by molar-refractivity contribution is 7.71. The molecule has 0 bridgehead atoms. The average molecular weight is 388 g/mol. The summed E-state index contributed by atoms with van der Waals surface area (Å²) in [4.78, 5) is 12.5. The first-order valence-electron chi connectivity index (χ1n) is 8.31. The summed E-state index contributed by atoms with van der Waals surface area (Å²) in [5, 5.41) is 9.60. The van der Waals surface area contributed by atoms with E-state index in [2.05, 4.69) is 15.5 Å². The lowest BCUT2D eigenvalue weighted by Crippen LogP contribution is -2.30. The molecule has 0 fully saturated rings. The Hall–Kier alpha value is -2.87. The van der Waals surface area contributed by atoms with Crippen molar-refractivity contribution in [1.29, 1.82) is 0 Å². The maximum absolute atomic E-state index is 13.9. The molecule has 2 N–H and O–H groups in total. The molecule has 3 rings (SSSR count). The van der Waals surface area contributed by atoms with Crippen molar-refractivity contribution >= 4 is 18.1 Å². The van der Waals surface area contributed by atoms with E-state index in [1.165, 1.54) is 6.07 Å². The van der Waals surface area contributed by atoms with Gasteiger partial charge < -0.3 is 5.32 Å². The Labute approximate surface area is 160 Å². The average Bonchev–Trinajstić information content (AvgIpc) is 2.95. The molecule has 1 aromatic heterocycles. The molecule has 27 heavy (non-hydrogen) atoms. The van der Waals surface area contributed by atoms with Crippen molar-refractivity contribution < 1.29 is 13.6 Å². The third kappa shape index (κ3) is 4.28. The summed E-state index contributed by atoms with van der Waals surface area (Å²) in [5.41, 5.74) is 2.09. The highest BCUT2D eigenvalue weighted by atomic mass is 32.1. The molecule has 1 heterocycles. The highest BCUT2D eigenvalue weighted by Gasteiger charge is 2.17. The van der Waals surface area contributed by atoms with Crippen LogP contribution in [-0.2, 0) is 11.3 Å². The lowest BCUT2D eigenvalue weighted by molar-refractivity contribution is -0.122. The van der Waals surface area contributed by atoms with Crippen molar-refractivity contribution in [2.75, 3.05) is 0 Å². The summed E-state index contributed by atoms with van der Waals surface area (Å²) >= 11 is 5.23. The molecule has 0 radical (unpaired) electrons. The number of amides is 1. The van der Waals surface area contributed by atoms with Crippen molar-refractivity contribution in [2.24, 2.45) is 0 Å². The largest absolute Gasteiger partial charge is 0.348 e. The summed E-state index contributed by atoms with van der Waals surface area (Å²) < 4.78 is 28.8. The van der Waals surface area contributed by atoms with Gasteiger partial charge >= 0.3 is 0 Å². The smallest absolute Gasteiger partial charge is 0.240 e. The second kappa shape index (κ2) is 7.79. The molecule has 0 aliphatic heterocycles. The van der Waals surface area contributed by atoms with Gasteiger partial charge in [0.1, 0.15) is 18.2 Å². The first kappa shape index (κ1) is 18.9. The predicted molar refractivity (Wildman–Crippen MR) is 101 cm³/mol. The number of aromatic nitrogens is 3. The number of aryl methyl sites for hydroxylation is 1. The van der Waals surface area contributed by atoms with Gasteiger partial charge in [-0.15, -0.1) is 0 Å². The Bertz CT molecular complexity index is 1040. The molecule has 0 unspecified atom stereocenters. The number of carbonyl (C=O) groups excluding carboxylic acids is 1. The second-order valence-electron chi connectivity index (χ2n) is 6.26. The molecule has 0 saturated heterocycles. The zero-order chi connectivity index (χ0) is 19.6. The predicted octanol–water partition coefficient (Wildman–Crippen LogP) is 4.07. The normalized spacial score (nSPS) is 12.0. The van der Waals surface area contributed by atoms with E-state index >= 15 is 0 Å². The summed E-state index contributed by atoms with van der Waals surface area (Å²) in [6, 6.07) is 10.3. The van der Waals surface area contributed by atoms with Crippen LogP contribution in [-0.4, -0.2) is 20.7 Å². The number of halogens is 2. The minimum Gasteiger partial charge on any atom is -0.348 e. The first-order valence-corrected chi connectivity index (χ1v) is 8.72. The Balaban J connectivity index is 1.79. The van der Waals surface area contributed by atoms with Gasteiger partial charge in [-0.3, -0.25) is 14.5 Å². The van der Waals surface area contributed by atoms with Crippen LogP contribution >= 0.6 is 12.2 Å². The minimum atomic E-state index is -0.705. The van der Waals surface area contributed by atoms with Gasteiger partial charge in [0.15, 0.2) is 10.6 Å². The van der Waals surface area contributed by atoms with E-state index < -0.39 is 17.7 Å². The van der Waals surface area contributed by atoms with Gasteiger partial charge in [0.2, 0.25) is 5.91 Å². The number of nitrogens with zero attached hydrogens (tertiary/aromatic N) is 2. The van der Waals surface area contributed by atoms with Crippen LogP contribution < -0.4 is 5.32 Å². The second-order valence-corrected chi connectivity index (χ2v) is 6.65. The lowest BCUT2D eigenvalue weighted by Gasteiger charge is -2.16. The van der Waals surface area contributed by atoms with E-state index in [-0.39, 0.29) is 18.0 Å². The first-order chi connectivity index (χ1) is 12.8. The summed E-state index contributed by atoms with van der Waals surface area (Å²) in [6.45, 7) is 3.51. The van der Waals surface area contributed by atoms with Crippen LogP contribution in [0.4, 0.5) is 8.78 Å². The van der Waals surface area contributed by atoms with Crippen molar-refractivity contribution in [1.82, 2.24) is 20.1 Å². The number of H-pyrrole nitrogens is 1. The van der Waals surface area contributed by atoms with Crippen LogP contribution in [0.1, 0.15) is 24.1 Å². The number of hydrogen-bond donors (Lipinski definition) is 2. The third-order valence-electron chi connectivity index (χ3n) is 4.14. The molecule has 0 aliphatic carbocycles. The lowest BCUT2D eigenvalue weighted by atomic mass is 10.1. The summed E-state index contributed by atoms with van der Waals surface area (Å²) in [5.74, 6) is -1.19. The number of carbonyl (C=O) groups is 1. The topological polar surface area (TPSA) is 62.7 Å².